The van der Waals surface area contributed by atoms with Crippen LogP contribution in [0, 0.1) is 11.6 Å². The number of halogens is 2. The van der Waals surface area contributed by atoms with E-state index >= 15 is 0 Å². The van der Waals surface area contributed by atoms with Crippen LogP contribution in [0.2, 0.25) is 0 Å². The van der Waals surface area contributed by atoms with Gasteiger partial charge in [0, 0.05) is 31.9 Å². The van der Waals surface area contributed by atoms with Gasteiger partial charge in [-0.1, -0.05) is 0 Å². The number of hydrogen-bond donors (Lipinski definition) is 0. The van der Waals surface area contributed by atoms with Gasteiger partial charge in [0.25, 0.3) is 0 Å². The number of nitrogens with zero attached hydrogens (tertiary/aromatic N) is 2. The molecule has 0 saturated carbocycles. The largest absolute Gasteiger partial charge is 0.465 e. The first-order valence-electron chi connectivity index (χ1n) is 7.92. The topological polar surface area (TPSA) is 59.1 Å². The van der Waals surface area contributed by atoms with Crippen LogP contribution in [0.25, 0.3) is 0 Å². The molecule has 25 heavy (non-hydrogen) atoms. The summed E-state index contributed by atoms with van der Waals surface area (Å²) in [5, 5.41) is 0. The Morgan fingerprint density at radius 2 is 1.56 bits per heavy atom. The summed E-state index contributed by atoms with van der Waals surface area (Å²) in [6.45, 7) is 6.90. The Morgan fingerprint density at radius 3 is 2.00 bits per heavy atom. The Hall–Kier alpha value is -2.38. The van der Waals surface area contributed by atoms with E-state index in [0.29, 0.717) is 31.9 Å². The SMILES string of the molecule is COC(=O)c1c(F)cc(N2CCN(C(=O)OC(C)(C)C)CC2)cc1F. The molecule has 2 rings (SSSR count). The molecule has 0 unspecified atom stereocenters. The minimum Gasteiger partial charge on any atom is -0.465 e. The second-order valence-corrected chi connectivity index (χ2v) is 6.73. The van der Waals surface area contributed by atoms with Crippen LogP contribution >= 0.6 is 0 Å². The molecule has 138 valence electrons. The lowest BCUT2D eigenvalue weighted by Gasteiger charge is -2.36. The number of carbonyl (C=O) groups excluding carboxylic acids is 2. The molecule has 1 fully saturated rings. The van der Waals surface area contributed by atoms with Crippen LogP contribution in [0.3, 0.4) is 0 Å². The molecule has 1 aliphatic heterocycles. The third-order valence-electron chi connectivity index (χ3n) is 3.71. The average Bonchev–Trinajstić information content (AvgIpc) is 2.52. The van der Waals surface area contributed by atoms with Gasteiger partial charge in [0.2, 0.25) is 0 Å². The first-order chi connectivity index (χ1) is 11.6. The number of amides is 1. The molecule has 8 heteroatoms. The Morgan fingerprint density at radius 1 is 1.04 bits per heavy atom. The summed E-state index contributed by atoms with van der Waals surface area (Å²) >= 11 is 0. The smallest absolute Gasteiger partial charge is 0.410 e. The molecule has 1 aromatic carbocycles. The van der Waals surface area contributed by atoms with Gasteiger partial charge in [-0.2, -0.15) is 0 Å². The first kappa shape index (κ1) is 19.0. The number of ether oxygens (including phenoxy) is 2. The van der Waals surface area contributed by atoms with Crippen LogP contribution in [0.4, 0.5) is 19.3 Å². The van der Waals surface area contributed by atoms with E-state index in [2.05, 4.69) is 4.74 Å². The van der Waals surface area contributed by atoms with E-state index in [4.69, 9.17) is 4.74 Å². The van der Waals surface area contributed by atoms with Gasteiger partial charge in [0.1, 0.15) is 22.8 Å². The van der Waals surface area contributed by atoms with Gasteiger partial charge in [-0.05, 0) is 32.9 Å². The summed E-state index contributed by atoms with van der Waals surface area (Å²) in [5.41, 5.74) is -0.977. The van der Waals surface area contributed by atoms with Crippen molar-refractivity contribution >= 4 is 17.7 Å². The highest BCUT2D eigenvalue weighted by Crippen LogP contribution is 2.24. The standard InChI is InChI=1S/C17H22F2N2O4/c1-17(2,3)25-16(23)21-7-5-20(6-8-21)11-9-12(18)14(13(19)10-11)15(22)24-4/h9-10H,5-8H2,1-4H3. The second-order valence-electron chi connectivity index (χ2n) is 6.73. The summed E-state index contributed by atoms with van der Waals surface area (Å²) in [6.07, 6.45) is -0.412. The lowest BCUT2D eigenvalue weighted by molar-refractivity contribution is 0.0240. The fourth-order valence-corrected chi connectivity index (χ4v) is 2.51. The zero-order chi connectivity index (χ0) is 18.8. The van der Waals surface area contributed by atoms with Crippen molar-refractivity contribution in [1.82, 2.24) is 4.90 Å². The normalized spacial score (nSPS) is 15.1. The summed E-state index contributed by atoms with van der Waals surface area (Å²) < 4.78 is 37.8. The number of methoxy groups -OCH3 is 1. The van der Waals surface area contributed by atoms with Crippen LogP contribution < -0.4 is 4.90 Å². The summed E-state index contributed by atoms with van der Waals surface area (Å²) in [4.78, 5) is 26.7. The molecular formula is C17H22F2N2O4. The first-order valence-corrected chi connectivity index (χ1v) is 7.92. The monoisotopic (exact) mass is 356 g/mol. The number of anilines is 1. The molecule has 0 radical (unpaired) electrons. The molecule has 1 aromatic rings. The van der Waals surface area contributed by atoms with Crippen molar-refractivity contribution in [2.24, 2.45) is 0 Å². The number of benzene rings is 1. The van der Waals surface area contributed by atoms with Crippen molar-refractivity contribution < 1.29 is 27.8 Å². The van der Waals surface area contributed by atoms with Crippen molar-refractivity contribution in [3.63, 3.8) is 0 Å². The van der Waals surface area contributed by atoms with Gasteiger partial charge in [-0.25, -0.2) is 18.4 Å². The number of rotatable bonds is 2. The maximum absolute atomic E-state index is 14.0. The van der Waals surface area contributed by atoms with E-state index in [9.17, 15) is 18.4 Å². The van der Waals surface area contributed by atoms with Crippen molar-refractivity contribution in [3.05, 3.63) is 29.3 Å². The predicted molar refractivity (Wildman–Crippen MR) is 87.7 cm³/mol. The quantitative estimate of drug-likeness (QED) is 0.763. The maximum Gasteiger partial charge on any atom is 0.410 e. The van der Waals surface area contributed by atoms with Crippen LogP contribution in [-0.4, -0.2) is 55.9 Å². The number of esters is 1. The van der Waals surface area contributed by atoms with Gasteiger partial charge >= 0.3 is 12.1 Å². The Balaban J connectivity index is 2.06. The molecule has 0 atom stereocenters. The Kier molecular flexibility index (Phi) is 5.49. The van der Waals surface area contributed by atoms with Crippen LogP contribution in [0.15, 0.2) is 12.1 Å². The number of piperazine rings is 1. The molecule has 1 saturated heterocycles. The van der Waals surface area contributed by atoms with Crippen molar-refractivity contribution in [2.45, 2.75) is 26.4 Å². The fraction of sp³-hybridized carbons (Fsp3) is 0.529. The van der Waals surface area contributed by atoms with Crippen LogP contribution in [0.1, 0.15) is 31.1 Å². The van der Waals surface area contributed by atoms with E-state index in [-0.39, 0.29) is 0 Å². The molecule has 1 aliphatic rings. The molecule has 0 spiro atoms. The van der Waals surface area contributed by atoms with Crippen LogP contribution in [-0.2, 0) is 9.47 Å². The zero-order valence-corrected chi connectivity index (χ0v) is 14.8. The molecule has 1 amide bonds. The summed E-state index contributed by atoms with van der Waals surface area (Å²) in [6, 6.07) is 2.19. The molecule has 0 aliphatic carbocycles. The lowest BCUT2D eigenvalue weighted by atomic mass is 10.1. The van der Waals surface area contributed by atoms with E-state index in [1.165, 1.54) is 0 Å². The third-order valence-corrected chi connectivity index (χ3v) is 3.71. The van der Waals surface area contributed by atoms with E-state index in [1.54, 1.807) is 30.6 Å². The van der Waals surface area contributed by atoms with E-state index in [1.807, 2.05) is 0 Å². The lowest BCUT2D eigenvalue weighted by Crippen LogP contribution is -2.50. The molecule has 0 N–H and O–H groups in total. The minimum absolute atomic E-state index is 0.312. The highest BCUT2D eigenvalue weighted by atomic mass is 19.1. The zero-order valence-electron chi connectivity index (χ0n) is 14.8. The number of carbonyl (C=O) groups is 2. The van der Waals surface area contributed by atoms with Gasteiger partial charge < -0.3 is 19.3 Å². The summed E-state index contributed by atoms with van der Waals surface area (Å²) in [7, 11) is 1.06. The molecule has 0 aromatic heterocycles. The van der Waals surface area contributed by atoms with Gasteiger partial charge in [-0.15, -0.1) is 0 Å². The summed E-state index contributed by atoms with van der Waals surface area (Å²) in [5.74, 6) is -3.01. The van der Waals surface area contributed by atoms with Crippen molar-refractivity contribution in [2.75, 3.05) is 38.2 Å². The molecule has 1 heterocycles. The van der Waals surface area contributed by atoms with E-state index < -0.39 is 34.9 Å². The Bertz CT molecular complexity index is 642. The molecule has 0 bridgehead atoms. The van der Waals surface area contributed by atoms with Gasteiger partial charge in [0.05, 0.1) is 7.11 Å². The maximum atomic E-state index is 14.0. The minimum atomic E-state index is -1.06. The fourth-order valence-electron chi connectivity index (χ4n) is 2.51. The Labute approximate surface area is 145 Å². The van der Waals surface area contributed by atoms with Crippen molar-refractivity contribution in [1.29, 1.82) is 0 Å². The predicted octanol–water partition coefficient (Wildman–Crippen LogP) is 2.81. The van der Waals surface area contributed by atoms with Gasteiger partial charge in [0.15, 0.2) is 0 Å². The average molecular weight is 356 g/mol. The highest BCUT2D eigenvalue weighted by Gasteiger charge is 2.27. The molecule has 6 nitrogen and oxygen atoms in total. The molecular weight excluding hydrogens is 334 g/mol. The van der Waals surface area contributed by atoms with E-state index in [0.717, 1.165) is 19.2 Å². The number of hydrogen-bond acceptors (Lipinski definition) is 5. The van der Waals surface area contributed by atoms with Crippen LogP contribution in [0.5, 0.6) is 0 Å². The highest BCUT2D eigenvalue weighted by molar-refractivity contribution is 5.90. The van der Waals surface area contributed by atoms with Gasteiger partial charge in [-0.3, -0.25) is 0 Å². The second kappa shape index (κ2) is 7.25. The van der Waals surface area contributed by atoms with Crippen molar-refractivity contribution in [3.8, 4) is 0 Å². The third kappa shape index (κ3) is 4.58.